The van der Waals surface area contributed by atoms with Crippen LogP contribution in [0.2, 0.25) is 0 Å². The van der Waals surface area contributed by atoms with Crippen LogP contribution in [0, 0.1) is 6.92 Å². The molecule has 1 aliphatic rings. The average Bonchev–Trinajstić information content (AvgIpc) is 3.03. The molecule has 0 aliphatic carbocycles. The Bertz CT molecular complexity index is 921. The molecule has 150 valence electrons. The van der Waals surface area contributed by atoms with Gasteiger partial charge in [-0.15, -0.1) is 0 Å². The van der Waals surface area contributed by atoms with Crippen LogP contribution < -0.4 is 10.6 Å². The van der Waals surface area contributed by atoms with Gasteiger partial charge in [-0.05, 0) is 36.8 Å². The molecule has 1 saturated heterocycles. The number of benzene rings is 2. The van der Waals surface area contributed by atoms with Crippen molar-refractivity contribution in [3.8, 4) is 0 Å². The molecular weight excluding hydrogens is 370 g/mol. The Morgan fingerprint density at radius 2 is 1.69 bits per heavy atom. The minimum atomic E-state index is -0.244. The number of nitrogens with zero attached hydrogens (tertiary/aromatic N) is 1. The van der Waals surface area contributed by atoms with Gasteiger partial charge in [0, 0.05) is 43.6 Å². The number of aryl methyl sites for hydroxylation is 1. The summed E-state index contributed by atoms with van der Waals surface area (Å²) in [6.07, 6.45) is 0.518. The Hall–Kier alpha value is -3.48. The van der Waals surface area contributed by atoms with E-state index in [1.807, 2.05) is 25.1 Å². The van der Waals surface area contributed by atoms with Crippen LogP contribution in [0.4, 0.5) is 5.69 Å². The highest BCUT2D eigenvalue weighted by Gasteiger charge is 2.28. The van der Waals surface area contributed by atoms with Gasteiger partial charge in [0.1, 0.15) is 0 Å². The molecule has 0 aromatic heterocycles. The lowest BCUT2D eigenvalue weighted by atomic mass is 10.1. The molecule has 2 aromatic rings. The first-order valence-electron chi connectivity index (χ1n) is 9.49. The molecule has 0 unspecified atom stereocenters. The van der Waals surface area contributed by atoms with E-state index < -0.39 is 0 Å². The molecule has 3 rings (SSSR count). The Labute approximate surface area is 169 Å². The molecule has 0 radical (unpaired) electrons. The minimum absolute atomic E-state index is 0.0708. The quantitative estimate of drug-likeness (QED) is 0.706. The lowest BCUT2D eigenvalue weighted by Crippen LogP contribution is -2.34. The number of likely N-dealkylation sites (tertiary alicyclic amines) is 1. The van der Waals surface area contributed by atoms with E-state index in [1.54, 1.807) is 30.3 Å². The van der Waals surface area contributed by atoms with Gasteiger partial charge in [0.15, 0.2) is 0 Å². The van der Waals surface area contributed by atoms with Crippen LogP contribution in [0.3, 0.4) is 0 Å². The first kappa shape index (κ1) is 20.3. The van der Waals surface area contributed by atoms with E-state index in [0.29, 0.717) is 11.3 Å². The van der Waals surface area contributed by atoms with Crippen molar-refractivity contribution in [3.63, 3.8) is 0 Å². The molecule has 0 spiro atoms. The fourth-order valence-corrected chi connectivity index (χ4v) is 3.04. The third-order valence-electron chi connectivity index (χ3n) is 4.71. The van der Waals surface area contributed by atoms with Crippen molar-refractivity contribution in [1.82, 2.24) is 10.2 Å². The largest absolute Gasteiger partial charge is 0.352 e. The molecule has 29 heavy (non-hydrogen) atoms. The summed E-state index contributed by atoms with van der Waals surface area (Å²) in [5.74, 6) is -0.891. The van der Waals surface area contributed by atoms with Gasteiger partial charge in [-0.2, -0.15) is 0 Å². The summed E-state index contributed by atoms with van der Waals surface area (Å²) < 4.78 is 0. The predicted molar refractivity (Wildman–Crippen MR) is 108 cm³/mol. The van der Waals surface area contributed by atoms with Crippen LogP contribution in [-0.4, -0.2) is 35.1 Å². The van der Waals surface area contributed by atoms with Crippen LogP contribution in [0.5, 0.6) is 0 Å². The smallest absolute Gasteiger partial charge is 0.255 e. The maximum absolute atomic E-state index is 12.3. The highest BCUT2D eigenvalue weighted by molar-refractivity contribution is 6.04. The zero-order chi connectivity index (χ0) is 20.8. The van der Waals surface area contributed by atoms with E-state index >= 15 is 0 Å². The van der Waals surface area contributed by atoms with Crippen LogP contribution >= 0.6 is 0 Å². The van der Waals surface area contributed by atoms with Crippen molar-refractivity contribution in [3.05, 3.63) is 65.2 Å². The molecular formula is C22H23N3O4. The molecule has 4 amide bonds. The monoisotopic (exact) mass is 393 g/mol. The molecule has 1 heterocycles. The van der Waals surface area contributed by atoms with Crippen molar-refractivity contribution in [2.24, 2.45) is 0 Å². The summed E-state index contributed by atoms with van der Waals surface area (Å²) in [6.45, 7) is 2.35. The number of rotatable bonds is 7. The molecule has 7 nitrogen and oxygen atoms in total. The van der Waals surface area contributed by atoms with Gasteiger partial charge >= 0.3 is 0 Å². The van der Waals surface area contributed by atoms with Crippen LogP contribution in [0.1, 0.15) is 40.7 Å². The molecule has 7 heteroatoms. The minimum Gasteiger partial charge on any atom is -0.352 e. The van der Waals surface area contributed by atoms with Gasteiger partial charge in [0.25, 0.3) is 5.91 Å². The number of hydrogen-bond donors (Lipinski definition) is 2. The van der Waals surface area contributed by atoms with Crippen molar-refractivity contribution in [1.29, 1.82) is 0 Å². The predicted octanol–water partition coefficient (Wildman–Crippen LogP) is 2.40. The molecule has 0 bridgehead atoms. The maximum atomic E-state index is 12.3. The van der Waals surface area contributed by atoms with Crippen LogP contribution in [0.25, 0.3) is 0 Å². The lowest BCUT2D eigenvalue weighted by molar-refractivity contribution is -0.138. The normalized spacial score (nSPS) is 13.5. The third-order valence-corrected chi connectivity index (χ3v) is 4.71. The van der Waals surface area contributed by atoms with Gasteiger partial charge in [0.05, 0.1) is 0 Å². The molecule has 0 atom stereocenters. The molecule has 2 aromatic carbocycles. The fourth-order valence-electron chi connectivity index (χ4n) is 3.04. The standard InChI is InChI=1S/C22H23N3O4/c1-15-5-7-17(8-6-15)22(29)24-18-4-2-3-16(13-18)14-23-19(26)11-12-25-20(27)9-10-21(25)28/h2-8,13H,9-12,14H2,1H3,(H,23,26)(H,24,29). The van der Waals surface area contributed by atoms with E-state index in [1.165, 1.54) is 0 Å². The second-order valence-electron chi connectivity index (χ2n) is 6.99. The number of nitrogens with one attached hydrogen (secondary N) is 2. The van der Waals surface area contributed by atoms with E-state index in [2.05, 4.69) is 10.6 Å². The summed E-state index contributed by atoms with van der Waals surface area (Å²) in [4.78, 5) is 48.6. The highest BCUT2D eigenvalue weighted by Crippen LogP contribution is 2.14. The van der Waals surface area contributed by atoms with E-state index in [0.717, 1.165) is 16.0 Å². The van der Waals surface area contributed by atoms with Gasteiger partial charge in [-0.25, -0.2) is 0 Å². The van der Waals surface area contributed by atoms with E-state index in [9.17, 15) is 19.2 Å². The summed E-state index contributed by atoms with van der Waals surface area (Å²) in [5.41, 5.74) is 3.11. The van der Waals surface area contributed by atoms with Crippen LogP contribution in [0.15, 0.2) is 48.5 Å². The van der Waals surface area contributed by atoms with Crippen molar-refractivity contribution < 1.29 is 19.2 Å². The SMILES string of the molecule is Cc1ccc(C(=O)Nc2cccc(CNC(=O)CCN3C(=O)CCC3=O)c2)cc1. The first-order chi connectivity index (χ1) is 13.9. The van der Waals surface area contributed by atoms with Gasteiger partial charge in [-0.3, -0.25) is 24.1 Å². The Morgan fingerprint density at radius 3 is 2.38 bits per heavy atom. The number of amides is 4. The second kappa shape index (κ2) is 9.14. The summed E-state index contributed by atoms with van der Waals surface area (Å²) >= 11 is 0. The Balaban J connectivity index is 1.49. The highest BCUT2D eigenvalue weighted by atomic mass is 16.2. The summed E-state index contributed by atoms with van der Waals surface area (Å²) in [6, 6.07) is 14.5. The van der Waals surface area contributed by atoms with Gasteiger partial charge < -0.3 is 10.6 Å². The maximum Gasteiger partial charge on any atom is 0.255 e. The summed E-state index contributed by atoms with van der Waals surface area (Å²) in [5, 5.41) is 5.61. The van der Waals surface area contributed by atoms with Crippen molar-refractivity contribution in [2.75, 3.05) is 11.9 Å². The third kappa shape index (κ3) is 5.51. The molecule has 1 fully saturated rings. The number of hydrogen-bond acceptors (Lipinski definition) is 4. The number of carbonyl (C=O) groups is 4. The second-order valence-corrected chi connectivity index (χ2v) is 6.99. The zero-order valence-electron chi connectivity index (χ0n) is 16.2. The fraction of sp³-hybridized carbons (Fsp3) is 0.273. The van der Waals surface area contributed by atoms with E-state index in [4.69, 9.17) is 0 Å². The average molecular weight is 393 g/mol. The number of anilines is 1. The van der Waals surface area contributed by atoms with Gasteiger partial charge in [-0.1, -0.05) is 29.8 Å². The molecule has 1 aliphatic heterocycles. The first-order valence-corrected chi connectivity index (χ1v) is 9.49. The zero-order valence-corrected chi connectivity index (χ0v) is 16.2. The van der Waals surface area contributed by atoms with Crippen molar-refractivity contribution in [2.45, 2.75) is 32.7 Å². The topological polar surface area (TPSA) is 95.6 Å². The molecule has 0 saturated carbocycles. The lowest BCUT2D eigenvalue weighted by Gasteiger charge is -2.13. The molecule has 2 N–H and O–H groups in total. The van der Waals surface area contributed by atoms with E-state index in [-0.39, 0.29) is 56.0 Å². The number of carbonyl (C=O) groups excluding carboxylic acids is 4. The summed E-state index contributed by atoms with van der Waals surface area (Å²) in [7, 11) is 0. The number of imide groups is 1. The van der Waals surface area contributed by atoms with Crippen LogP contribution in [-0.2, 0) is 20.9 Å². The van der Waals surface area contributed by atoms with Gasteiger partial charge in [0.2, 0.25) is 17.7 Å². The Morgan fingerprint density at radius 1 is 1.00 bits per heavy atom. The van der Waals surface area contributed by atoms with Crippen molar-refractivity contribution >= 4 is 29.3 Å². The Kier molecular flexibility index (Phi) is 6.39.